The minimum atomic E-state index is -0.826. The Bertz CT molecular complexity index is 1490. The highest BCUT2D eigenvalue weighted by Gasteiger charge is 2.46. The summed E-state index contributed by atoms with van der Waals surface area (Å²) in [5.41, 5.74) is 3.24. The first-order valence-corrected chi connectivity index (χ1v) is 12.2. The fourth-order valence-corrected chi connectivity index (χ4v) is 4.60. The van der Waals surface area contributed by atoms with E-state index in [0.29, 0.717) is 35.0 Å². The summed E-state index contributed by atoms with van der Waals surface area (Å²) >= 11 is 0. The molecule has 0 saturated carbocycles. The Kier molecular flexibility index (Phi) is 7.00. The van der Waals surface area contributed by atoms with Gasteiger partial charge in [0.05, 0.1) is 31.5 Å². The Labute approximate surface area is 220 Å². The highest BCUT2D eigenvalue weighted by molar-refractivity contribution is 6.46. The van der Waals surface area contributed by atoms with E-state index in [0.717, 1.165) is 11.1 Å². The number of methoxy groups -OCH3 is 1. The summed E-state index contributed by atoms with van der Waals surface area (Å²) in [6, 6.07) is 24.6. The topological polar surface area (TPSA) is 89.2 Å². The number of aliphatic hydroxyl groups is 1. The molecular weight excluding hydrogens is 482 g/mol. The molecule has 38 heavy (non-hydrogen) atoms. The Balaban J connectivity index is 1.48. The van der Waals surface area contributed by atoms with Crippen molar-refractivity contribution in [2.24, 2.45) is 0 Å². The van der Waals surface area contributed by atoms with Gasteiger partial charge in [0.2, 0.25) is 0 Å². The highest BCUT2D eigenvalue weighted by Crippen LogP contribution is 2.41. The SMILES string of the molecule is COc1cccc([C@H]2C(=C(O)c3ccc(OCc4cccc(C)c4)cc3)C(=O)C(=O)N2Cc2ccco2)c1. The van der Waals surface area contributed by atoms with Crippen molar-refractivity contribution in [3.8, 4) is 11.5 Å². The maximum Gasteiger partial charge on any atom is 0.296 e. The normalized spacial score (nSPS) is 16.6. The van der Waals surface area contributed by atoms with Crippen LogP contribution in [0.15, 0.2) is 101 Å². The monoisotopic (exact) mass is 509 g/mol. The smallest absolute Gasteiger partial charge is 0.296 e. The van der Waals surface area contributed by atoms with Crippen molar-refractivity contribution in [3.05, 3.63) is 125 Å². The number of Topliss-reactive ketones (excluding diaryl/α,β-unsaturated/α-hetero) is 1. The van der Waals surface area contributed by atoms with Gasteiger partial charge in [-0.05, 0) is 66.6 Å². The molecule has 1 aromatic heterocycles. The average Bonchev–Trinajstić information content (AvgIpc) is 3.54. The van der Waals surface area contributed by atoms with E-state index in [2.05, 4.69) is 6.07 Å². The first-order chi connectivity index (χ1) is 18.4. The Morgan fingerprint density at radius 3 is 2.45 bits per heavy atom. The van der Waals surface area contributed by atoms with E-state index < -0.39 is 17.7 Å². The minimum absolute atomic E-state index is 0.00300. The highest BCUT2D eigenvalue weighted by atomic mass is 16.5. The number of aliphatic hydroxyl groups excluding tert-OH is 1. The number of carbonyl (C=O) groups is 2. The number of carbonyl (C=O) groups excluding carboxylic acids is 2. The number of ether oxygens (including phenoxy) is 2. The third-order valence-electron chi connectivity index (χ3n) is 6.47. The molecule has 1 amide bonds. The van der Waals surface area contributed by atoms with Crippen LogP contribution in [-0.4, -0.2) is 28.8 Å². The predicted molar refractivity (Wildman–Crippen MR) is 142 cm³/mol. The molecule has 7 nitrogen and oxygen atoms in total. The molecule has 1 aliphatic heterocycles. The van der Waals surface area contributed by atoms with Crippen LogP contribution in [0.3, 0.4) is 0 Å². The van der Waals surface area contributed by atoms with Gasteiger partial charge in [0.1, 0.15) is 29.6 Å². The van der Waals surface area contributed by atoms with Gasteiger partial charge in [-0.25, -0.2) is 0 Å². The molecule has 5 rings (SSSR count). The van der Waals surface area contributed by atoms with Gasteiger partial charge < -0.3 is 23.9 Å². The van der Waals surface area contributed by atoms with Gasteiger partial charge in [-0.3, -0.25) is 9.59 Å². The number of amides is 1. The Hall–Kier alpha value is -4.78. The van der Waals surface area contributed by atoms with Gasteiger partial charge in [0.15, 0.2) is 0 Å². The summed E-state index contributed by atoms with van der Waals surface area (Å²) in [5, 5.41) is 11.3. The van der Waals surface area contributed by atoms with Gasteiger partial charge in [0.25, 0.3) is 11.7 Å². The van der Waals surface area contributed by atoms with Crippen LogP contribution in [-0.2, 0) is 22.7 Å². The van der Waals surface area contributed by atoms with Crippen LogP contribution in [0.25, 0.3) is 5.76 Å². The summed E-state index contributed by atoms with van der Waals surface area (Å²) in [6.07, 6.45) is 1.51. The van der Waals surface area contributed by atoms with Crippen molar-refractivity contribution >= 4 is 17.4 Å². The summed E-state index contributed by atoms with van der Waals surface area (Å²) in [7, 11) is 1.54. The molecule has 4 aromatic rings. The maximum atomic E-state index is 13.3. The van der Waals surface area contributed by atoms with Crippen LogP contribution in [0.2, 0.25) is 0 Å². The van der Waals surface area contributed by atoms with E-state index in [9.17, 15) is 14.7 Å². The van der Waals surface area contributed by atoms with Crippen molar-refractivity contribution in [2.45, 2.75) is 26.1 Å². The number of rotatable bonds is 8. The number of benzene rings is 3. The fourth-order valence-electron chi connectivity index (χ4n) is 4.60. The molecule has 1 N–H and O–H groups in total. The molecule has 1 atom stereocenters. The number of nitrogens with zero attached hydrogens (tertiary/aromatic N) is 1. The molecule has 3 aromatic carbocycles. The summed E-state index contributed by atoms with van der Waals surface area (Å²) in [5.74, 6) is -0.0272. The molecule has 2 heterocycles. The number of hydrogen-bond acceptors (Lipinski definition) is 6. The number of furan rings is 1. The van der Waals surface area contributed by atoms with E-state index in [-0.39, 0.29) is 17.9 Å². The Morgan fingerprint density at radius 1 is 0.947 bits per heavy atom. The number of ketones is 1. The fraction of sp³-hybridized carbons (Fsp3) is 0.161. The predicted octanol–water partition coefficient (Wildman–Crippen LogP) is 5.80. The molecule has 0 radical (unpaired) electrons. The summed E-state index contributed by atoms with van der Waals surface area (Å²) in [6.45, 7) is 2.50. The Morgan fingerprint density at radius 2 is 1.74 bits per heavy atom. The molecular formula is C31H27NO6. The van der Waals surface area contributed by atoms with Crippen molar-refractivity contribution < 1.29 is 28.6 Å². The second-order valence-electron chi connectivity index (χ2n) is 9.09. The van der Waals surface area contributed by atoms with Crippen molar-refractivity contribution in [1.82, 2.24) is 4.90 Å². The minimum Gasteiger partial charge on any atom is -0.507 e. The number of aryl methyl sites for hydroxylation is 1. The van der Waals surface area contributed by atoms with Gasteiger partial charge in [-0.2, -0.15) is 0 Å². The molecule has 0 spiro atoms. The average molecular weight is 510 g/mol. The van der Waals surface area contributed by atoms with Crippen LogP contribution in [0.4, 0.5) is 0 Å². The molecule has 0 bridgehead atoms. The third-order valence-corrected chi connectivity index (χ3v) is 6.47. The molecule has 192 valence electrons. The first kappa shape index (κ1) is 24.9. The maximum absolute atomic E-state index is 13.3. The number of likely N-dealkylation sites (tertiary alicyclic amines) is 1. The molecule has 1 aliphatic rings. The van der Waals surface area contributed by atoms with Crippen molar-refractivity contribution in [2.75, 3.05) is 7.11 Å². The van der Waals surface area contributed by atoms with Crippen LogP contribution >= 0.6 is 0 Å². The quantitative estimate of drug-likeness (QED) is 0.184. The largest absolute Gasteiger partial charge is 0.507 e. The van der Waals surface area contributed by atoms with Gasteiger partial charge in [0, 0.05) is 5.56 Å². The van der Waals surface area contributed by atoms with E-state index in [4.69, 9.17) is 13.9 Å². The number of hydrogen-bond donors (Lipinski definition) is 1. The molecule has 0 aliphatic carbocycles. The zero-order valence-corrected chi connectivity index (χ0v) is 21.1. The standard InChI is InChI=1S/C31H27NO6/c1-20-6-3-7-21(16-20)19-38-24-13-11-22(12-14-24)29(33)27-28(23-8-4-9-25(17-23)36-2)32(31(35)30(27)34)18-26-10-5-15-37-26/h3-17,28,33H,18-19H2,1-2H3/t28-/m0/s1. The summed E-state index contributed by atoms with van der Waals surface area (Å²) in [4.78, 5) is 27.8. The van der Waals surface area contributed by atoms with Crippen LogP contribution in [0, 0.1) is 6.92 Å². The van der Waals surface area contributed by atoms with Gasteiger partial charge in [-0.1, -0.05) is 42.0 Å². The lowest BCUT2D eigenvalue weighted by Gasteiger charge is -2.24. The zero-order valence-electron chi connectivity index (χ0n) is 21.1. The van der Waals surface area contributed by atoms with Crippen LogP contribution in [0.1, 0.15) is 34.1 Å². The van der Waals surface area contributed by atoms with Crippen LogP contribution < -0.4 is 9.47 Å². The van der Waals surface area contributed by atoms with E-state index in [1.807, 2.05) is 25.1 Å². The third kappa shape index (κ3) is 5.04. The van der Waals surface area contributed by atoms with E-state index in [1.54, 1.807) is 67.8 Å². The molecule has 7 heteroatoms. The lowest BCUT2D eigenvalue weighted by Crippen LogP contribution is -2.29. The van der Waals surface area contributed by atoms with E-state index in [1.165, 1.54) is 11.2 Å². The lowest BCUT2D eigenvalue weighted by atomic mass is 9.95. The molecule has 1 saturated heterocycles. The zero-order chi connectivity index (χ0) is 26.6. The molecule has 1 fully saturated rings. The second-order valence-corrected chi connectivity index (χ2v) is 9.09. The van der Waals surface area contributed by atoms with Crippen molar-refractivity contribution in [1.29, 1.82) is 0 Å². The van der Waals surface area contributed by atoms with Gasteiger partial charge in [-0.15, -0.1) is 0 Å². The van der Waals surface area contributed by atoms with Crippen LogP contribution in [0.5, 0.6) is 11.5 Å². The molecule has 0 unspecified atom stereocenters. The first-order valence-electron chi connectivity index (χ1n) is 12.2. The van der Waals surface area contributed by atoms with E-state index >= 15 is 0 Å². The van der Waals surface area contributed by atoms with Gasteiger partial charge >= 0.3 is 0 Å². The summed E-state index contributed by atoms with van der Waals surface area (Å²) < 4.78 is 16.7. The van der Waals surface area contributed by atoms with Crippen molar-refractivity contribution in [3.63, 3.8) is 0 Å². The second kappa shape index (κ2) is 10.7. The lowest BCUT2D eigenvalue weighted by molar-refractivity contribution is -0.140.